The molecule has 4 heterocycles. The van der Waals surface area contributed by atoms with E-state index in [4.69, 9.17) is 15.6 Å². The van der Waals surface area contributed by atoms with Crippen LogP contribution in [0.25, 0.3) is 22.6 Å². The van der Waals surface area contributed by atoms with Crippen LogP contribution in [0.15, 0.2) is 48.8 Å². The van der Waals surface area contributed by atoms with Gasteiger partial charge in [-0.25, -0.2) is 33.6 Å². The van der Waals surface area contributed by atoms with Gasteiger partial charge in [0.15, 0.2) is 11.5 Å². The zero-order chi connectivity index (χ0) is 28.4. The first-order chi connectivity index (χ1) is 19.1. The molecule has 0 atom stereocenters. The van der Waals surface area contributed by atoms with E-state index in [1.165, 1.54) is 15.9 Å². The van der Waals surface area contributed by atoms with Crippen molar-refractivity contribution in [2.24, 2.45) is 0 Å². The maximum atomic E-state index is 14.3. The van der Waals surface area contributed by atoms with E-state index >= 15 is 0 Å². The molecule has 0 aliphatic carbocycles. The predicted octanol–water partition coefficient (Wildman–Crippen LogP) is 3.41. The Morgan fingerprint density at radius 2 is 1.77 bits per heavy atom. The SMILES string of the molecule is CC(C)(Cc1cnc(-c2nn(Cc3ccccc3F)c3ncccc23)nc1N)OC(=O)N1CCN(C(=O)O)CC1. The third-order valence-electron chi connectivity index (χ3n) is 6.68. The summed E-state index contributed by atoms with van der Waals surface area (Å²) in [7, 11) is 0. The summed E-state index contributed by atoms with van der Waals surface area (Å²) in [4.78, 5) is 40.0. The van der Waals surface area contributed by atoms with Crippen LogP contribution in [0.1, 0.15) is 25.0 Å². The normalized spacial score (nSPS) is 14.0. The van der Waals surface area contributed by atoms with Crippen LogP contribution in [0.2, 0.25) is 0 Å². The van der Waals surface area contributed by atoms with Crippen LogP contribution >= 0.6 is 0 Å². The van der Waals surface area contributed by atoms with E-state index in [0.717, 1.165) is 0 Å². The topological polar surface area (TPSA) is 153 Å². The van der Waals surface area contributed by atoms with E-state index in [2.05, 4.69) is 20.1 Å². The Labute approximate surface area is 229 Å². The number of hydrogen-bond acceptors (Lipinski definition) is 8. The lowest BCUT2D eigenvalue weighted by atomic mass is 10.00. The monoisotopic (exact) mass is 548 g/mol. The van der Waals surface area contributed by atoms with Gasteiger partial charge in [-0.05, 0) is 32.0 Å². The fourth-order valence-electron chi connectivity index (χ4n) is 4.62. The molecule has 0 unspecified atom stereocenters. The Balaban J connectivity index is 1.32. The quantitative estimate of drug-likeness (QED) is 0.369. The number of halogens is 1. The molecule has 1 aromatic carbocycles. The summed E-state index contributed by atoms with van der Waals surface area (Å²) in [6, 6.07) is 10.1. The Morgan fingerprint density at radius 3 is 2.48 bits per heavy atom. The number of fused-ring (bicyclic) bond motifs is 1. The van der Waals surface area contributed by atoms with E-state index in [-0.39, 0.29) is 56.6 Å². The van der Waals surface area contributed by atoms with Crippen LogP contribution in [-0.2, 0) is 17.7 Å². The van der Waals surface area contributed by atoms with Gasteiger partial charge in [-0.1, -0.05) is 18.2 Å². The summed E-state index contributed by atoms with van der Waals surface area (Å²) in [5.74, 6) is 0.168. The van der Waals surface area contributed by atoms with Crippen LogP contribution in [0.3, 0.4) is 0 Å². The number of carboxylic acid groups (broad SMARTS) is 1. The summed E-state index contributed by atoms with van der Waals surface area (Å²) in [5.41, 5.74) is 7.46. The molecule has 3 aromatic heterocycles. The third-order valence-corrected chi connectivity index (χ3v) is 6.68. The highest BCUT2D eigenvalue weighted by Crippen LogP contribution is 2.28. The first-order valence-electron chi connectivity index (χ1n) is 12.7. The van der Waals surface area contributed by atoms with Crippen molar-refractivity contribution in [2.75, 3.05) is 31.9 Å². The van der Waals surface area contributed by atoms with E-state index < -0.39 is 17.8 Å². The van der Waals surface area contributed by atoms with Crippen LogP contribution in [0, 0.1) is 5.82 Å². The number of amides is 2. The number of anilines is 1. The molecule has 0 spiro atoms. The number of benzene rings is 1. The lowest BCUT2D eigenvalue weighted by Crippen LogP contribution is -2.51. The Hall–Kier alpha value is -4.81. The number of rotatable bonds is 6. The second-order valence-corrected chi connectivity index (χ2v) is 10.1. The van der Waals surface area contributed by atoms with Crippen molar-refractivity contribution in [3.05, 3.63) is 65.7 Å². The Morgan fingerprint density at radius 1 is 1.05 bits per heavy atom. The van der Waals surface area contributed by atoms with Gasteiger partial charge < -0.3 is 25.4 Å². The summed E-state index contributed by atoms with van der Waals surface area (Å²) in [5, 5.41) is 14.4. The van der Waals surface area contributed by atoms with Crippen molar-refractivity contribution in [2.45, 2.75) is 32.4 Å². The van der Waals surface area contributed by atoms with Crippen LogP contribution in [0.4, 0.5) is 19.8 Å². The molecule has 2 amide bonds. The highest BCUT2D eigenvalue weighted by molar-refractivity contribution is 5.89. The first kappa shape index (κ1) is 26.8. The predicted molar refractivity (Wildman–Crippen MR) is 144 cm³/mol. The highest BCUT2D eigenvalue weighted by Gasteiger charge is 2.31. The van der Waals surface area contributed by atoms with Gasteiger partial charge in [0.25, 0.3) is 0 Å². The number of piperazine rings is 1. The number of nitrogen functional groups attached to an aromatic ring is 1. The molecule has 12 nitrogen and oxygen atoms in total. The summed E-state index contributed by atoms with van der Waals surface area (Å²) in [6.07, 6.45) is 1.94. The van der Waals surface area contributed by atoms with Gasteiger partial charge in [0.1, 0.15) is 22.9 Å². The van der Waals surface area contributed by atoms with Crippen molar-refractivity contribution in [3.8, 4) is 11.5 Å². The molecule has 1 saturated heterocycles. The molecule has 0 saturated carbocycles. The number of aromatic nitrogens is 5. The van der Waals surface area contributed by atoms with Gasteiger partial charge >= 0.3 is 12.2 Å². The number of pyridine rings is 1. The van der Waals surface area contributed by atoms with Gasteiger partial charge in [0.05, 0.1) is 11.9 Å². The highest BCUT2D eigenvalue weighted by atomic mass is 19.1. The van der Waals surface area contributed by atoms with Crippen LogP contribution in [-0.4, -0.2) is 83.6 Å². The number of carbonyl (C=O) groups excluding carboxylic acids is 1. The Bertz CT molecular complexity index is 1570. The lowest BCUT2D eigenvalue weighted by Gasteiger charge is -2.35. The molecule has 40 heavy (non-hydrogen) atoms. The number of nitrogens with zero attached hydrogens (tertiary/aromatic N) is 7. The van der Waals surface area contributed by atoms with Gasteiger partial charge in [-0.2, -0.15) is 5.10 Å². The zero-order valence-electron chi connectivity index (χ0n) is 22.1. The third kappa shape index (κ3) is 5.63. The van der Waals surface area contributed by atoms with Gasteiger partial charge in [-0.15, -0.1) is 0 Å². The average molecular weight is 549 g/mol. The minimum atomic E-state index is -1.01. The Kier molecular flexibility index (Phi) is 7.20. The molecular formula is C27H29FN8O4. The van der Waals surface area contributed by atoms with Crippen molar-refractivity contribution in [1.29, 1.82) is 0 Å². The smallest absolute Gasteiger partial charge is 0.410 e. The van der Waals surface area contributed by atoms with Crippen molar-refractivity contribution >= 4 is 29.0 Å². The maximum absolute atomic E-state index is 14.3. The van der Waals surface area contributed by atoms with Crippen molar-refractivity contribution in [3.63, 3.8) is 0 Å². The molecule has 1 aliphatic rings. The zero-order valence-corrected chi connectivity index (χ0v) is 22.1. The van der Waals surface area contributed by atoms with Crippen molar-refractivity contribution in [1.82, 2.24) is 34.5 Å². The second-order valence-electron chi connectivity index (χ2n) is 10.1. The molecule has 3 N–H and O–H groups in total. The summed E-state index contributed by atoms with van der Waals surface area (Å²) >= 11 is 0. The molecule has 208 valence electrons. The molecule has 1 fully saturated rings. The molecule has 0 bridgehead atoms. The van der Waals surface area contributed by atoms with E-state index in [9.17, 15) is 14.0 Å². The number of hydrogen-bond donors (Lipinski definition) is 2. The fourth-order valence-corrected chi connectivity index (χ4v) is 4.62. The van der Waals surface area contributed by atoms with Gasteiger partial charge in [-0.3, -0.25) is 0 Å². The summed E-state index contributed by atoms with van der Waals surface area (Å²) < 4.78 is 21.6. The fraction of sp³-hybridized carbons (Fsp3) is 0.333. The standard InChI is InChI=1S/C27H29FN8O4/c1-27(2,40-26(39)35-12-10-34(11-13-35)25(37)38)14-18-15-31-23(32-22(18)29)21-19-7-5-9-30-24(19)36(33-21)16-17-6-3-4-8-20(17)28/h3-9,15H,10-14,16H2,1-2H3,(H,37,38)(H2,29,31,32). The van der Waals surface area contributed by atoms with Crippen LogP contribution in [0.5, 0.6) is 0 Å². The largest absolute Gasteiger partial charge is 0.465 e. The van der Waals surface area contributed by atoms with Crippen LogP contribution < -0.4 is 5.73 Å². The van der Waals surface area contributed by atoms with Gasteiger partial charge in [0.2, 0.25) is 0 Å². The molecule has 5 rings (SSSR count). The van der Waals surface area contributed by atoms with E-state index in [0.29, 0.717) is 27.9 Å². The minimum absolute atomic E-state index is 0.179. The van der Waals surface area contributed by atoms with Gasteiger partial charge in [0, 0.05) is 56.1 Å². The maximum Gasteiger partial charge on any atom is 0.410 e. The molecule has 13 heteroatoms. The first-order valence-corrected chi connectivity index (χ1v) is 12.7. The van der Waals surface area contributed by atoms with E-state index in [1.807, 2.05) is 6.07 Å². The summed E-state index contributed by atoms with van der Waals surface area (Å²) in [6.45, 7) is 4.67. The second kappa shape index (κ2) is 10.8. The average Bonchev–Trinajstić information content (AvgIpc) is 3.29. The van der Waals surface area contributed by atoms with Crippen molar-refractivity contribution < 1.29 is 23.8 Å². The number of ether oxygens (including phenoxy) is 1. The molecular weight excluding hydrogens is 519 g/mol. The minimum Gasteiger partial charge on any atom is -0.465 e. The number of carbonyl (C=O) groups is 2. The molecule has 0 radical (unpaired) electrons. The van der Waals surface area contributed by atoms with E-state index in [1.54, 1.807) is 55.2 Å². The molecule has 1 aliphatic heterocycles. The number of nitrogens with two attached hydrogens (primary N) is 1. The molecule has 4 aromatic rings. The lowest BCUT2D eigenvalue weighted by molar-refractivity contribution is 0.00537.